The van der Waals surface area contributed by atoms with Crippen molar-refractivity contribution in [1.29, 1.82) is 0 Å². The summed E-state index contributed by atoms with van der Waals surface area (Å²) in [5, 5.41) is 2.03. The van der Waals surface area contributed by atoms with Crippen LogP contribution in [0.2, 0.25) is 0 Å². The topological polar surface area (TPSA) is 49.9 Å². The second-order valence-corrected chi connectivity index (χ2v) is 8.86. The van der Waals surface area contributed by atoms with Crippen LogP contribution < -0.4 is 0 Å². The molecular formula is C24H32N2O3S. The molecule has 0 bridgehead atoms. The molecule has 6 heteroatoms. The first-order valence-corrected chi connectivity index (χ1v) is 11.8. The lowest BCUT2D eigenvalue weighted by molar-refractivity contribution is -0.142. The minimum atomic E-state index is -0.0184. The third-order valence-electron chi connectivity index (χ3n) is 5.37. The van der Waals surface area contributed by atoms with E-state index in [0.29, 0.717) is 26.1 Å². The quantitative estimate of drug-likeness (QED) is 0.530. The van der Waals surface area contributed by atoms with Gasteiger partial charge in [-0.1, -0.05) is 49.7 Å². The van der Waals surface area contributed by atoms with Crippen LogP contribution in [0.5, 0.6) is 0 Å². The Morgan fingerprint density at radius 3 is 2.57 bits per heavy atom. The zero-order valence-corrected chi connectivity index (χ0v) is 18.6. The fourth-order valence-electron chi connectivity index (χ4n) is 3.66. The van der Waals surface area contributed by atoms with E-state index >= 15 is 0 Å². The van der Waals surface area contributed by atoms with Gasteiger partial charge in [-0.05, 0) is 36.3 Å². The van der Waals surface area contributed by atoms with Gasteiger partial charge in [-0.15, -0.1) is 11.3 Å². The molecule has 2 amide bonds. The van der Waals surface area contributed by atoms with Crippen LogP contribution in [0.25, 0.3) is 0 Å². The van der Waals surface area contributed by atoms with Gasteiger partial charge >= 0.3 is 0 Å². The predicted molar refractivity (Wildman–Crippen MR) is 120 cm³/mol. The normalized spacial score (nSPS) is 15.8. The van der Waals surface area contributed by atoms with E-state index in [0.717, 1.165) is 42.7 Å². The van der Waals surface area contributed by atoms with Crippen molar-refractivity contribution >= 4 is 23.2 Å². The van der Waals surface area contributed by atoms with Crippen molar-refractivity contribution in [1.82, 2.24) is 9.80 Å². The van der Waals surface area contributed by atoms with Crippen molar-refractivity contribution < 1.29 is 14.3 Å². The Hall–Kier alpha value is -2.18. The summed E-state index contributed by atoms with van der Waals surface area (Å²) < 4.78 is 5.74. The van der Waals surface area contributed by atoms with Crippen molar-refractivity contribution in [2.75, 3.05) is 19.7 Å². The zero-order chi connectivity index (χ0) is 21.2. The Kier molecular flexibility index (Phi) is 8.90. The fourth-order valence-corrected chi connectivity index (χ4v) is 4.38. The predicted octanol–water partition coefficient (Wildman–Crippen LogP) is 4.47. The second kappa shape index (κ2) is 11.9. The molecule has 1 aromatic carbocycles. The number of hydrogen-bond acceptors (Lipinski definition) is 4. The number of unbranched alkanes of at least 4 members (excludes halogenated alkanes) is 1. The summed E-state index contributed by atoms with van der Waals surface area (Å²) in [4.78, 5) is 30.9. The molecule has 0 N–H and O–H groups in total. The van der Waals surface area contributed by atoms with Gasteiger partial charge in [0.2, 0.25) is 11.8 Å². The van der Waals surface area contributed by atoms with Crippen LogP contribution in [0.15, 0.2) is 47.8 Å². The summed E-state index contributed by atoms with van der Waals surface area (Å²) in [6.45, 7) is 4.53. The van der Waals surface area contributed by atoms with Crippen LogP contribution in [0, 0.1) is 0 Å². The molecule has 0 radical (unpaired) electrons. The number of rotatable bonds is 11. The van der Waals surface area contributed by atoms with Gasteiger partial charge in [-0.25, -0.2) is 0 Å². The highest BCUT2D eigenvalue weighted by molar-refractivity contribution is 7.09. The molecule has 2 aromatic rings. The first kappa shape index (κ1) is 22.5. The molecule has 1 aliphatic rings. The SMILES string of the molecule is CCCCC(=O)N(CC(=O)N(Cc1ccccc1)Cc1cccs1)C[C@@H]1CCCO1. The van der Waals surface area contributed by atoms with E-state index in [-0.39, 0.29) is 24.5 Å². The highest BCUT2D eigenvalue weighted by atomic mass is 32.1. The number of carbonyl (C=O) groups is 2. The van der Waals surface area contributed by atoms with Gasteiger partial charge in [0.05, 0.1) is 19.2 Å². The maximum absolute atomic E-state index is 13.3. The van der Waals surface area contributed by atoms with E-state index in [9.17, 15) is 9.59 Å². The Morgan fingerprint density at radius 2 is 1.90 bits per heavy atom. The summed E-state index contributed by atoms with van der Waals surface area (Å²) in [6, 6.07) is 14.1. The summed E-state index contributed by atoms with van der Waals surface area (Å²) in [7, 11) is 0. The Balaban J connectivity index is 1.71. The van der Waals surface area contributed by atoms with Crippen LogP contribution >= 0.6 is 11.3 Å². The molecule has 1 aliphatic heterocycles. The Morgan fingerprint density at radius 1 is 1.07 bits per heavy atom. The molecule has 30 heavy (non-hydrogen) atoms. The third kappa shape index (κ3) is 6.96. The van der Waals surface area contributed by atoms with Crippen molar-refractivity contribution in [3.63, 3.8) is 0 Å². The van der Waals surface area contributed by atoms with Crippen LogP contribution in [0.4, 0.5) is 0 Å². The number of ether oxygens (including phenoxy) is 1. The van der Waals surface area contributed by atoms with Gasteiger partial charge in [0.15, 0.2) is 0 Å². The maximum atomic E-state index is 13.3. The van der Waals surface area contributed by atoms with Crippen LogP contribution in [0.3, 0.4) is 0 Å². The van der Waals surface area contributed by atoms with Gasteiger partial charge in [0, 0.05) is 31.0 Å². The smallest absolute Gasteiger partial charge is 0.242 e. The average molecular weight is 429 g/mol. The maximum Gasteiger partial charge on any atom is 0.242 e. The van der Waals surface area contributed by atoms with Gasteiger partial charge in [0.25, 0.3) is 0 Å². The summed E-state index contributed by atoms with van der Waals surface area (Å²) in [5.41, 5.74) is 1.09. The van der Waals surface area contributed by atoms with Crippen molar-refractivity contribution in [2.45, 2.75) is 58.2 Å². The molecule has 1 fully saturated rings. The number of nitrogens with zero attached hydrogens (tertiary/aromatic N) is 2. The molecule has 0 spiro atoms. The first-order valence-electron chi connectivity index (χ1n) is 10.9. The molecule has 1 atom stereocenters. The molecule has 2 heterocycles. The minimum absolute atomic E-state index is 0.0184. The molecule has 1 saturated heterocycles. The van der Waals surface area contributed by atoms with E-state index in [1.54, 1.807) is 16.2 Å². The summed E-state index contributed by atoms with van der Waals surface area (Å²) in [5.74, 6) is 0.0339. The van der Waals surface area contributed by atoms with Crippen LogP contribution in [-0.4, -0.2) is 47.4 Å². The molecule has 0 aliphatic carbocycles. The average Bonchev–Trinajstić information content (AvgIpc) is 3.46. The molecule has 162 valence electrons. The van der Waals surface area contributed by atoms with Gasteiger partial charge in [-0.3, -0.25) is 9.59 Å². The van der Waals surface area contributed by atoms with Crippen LogP contribution in [-0.2, 0) is 27.4 Å². The Bertz CT molecular complexity index is 773. The zero-order valence-electron chi connectivity index (χ0n) is 17.8. The first-order chi connectivity index (χ1) is 14.7. The van der Waals surface area contributed by atoms with Crippen LogP contribution in [0.1, 0.15) is 49.5 Å². The minimum Gasteiger partial charge on any atom is -0.376 e. The highest BCUT2D eigenvalue weighted by Gasteiger charge is 2.26. The van der Waals surface area contributed by atoms with E-state index < -0.39 is 0 Å². The molecule has 3 rings (SSSR count). The van der Waals surface area contributed by atoms with E-state index in [4.69, 9.17) is 4.74 Å². The fraction of sp³-hybridized carbons (Fsp3) is 0.500. The number of carbonyl (C=O) groups excluding carboxylic acids is 2. The Labute approximate surface area is 183 Å². The van der Waals surface area contributed by atoms with Crippen molar-refractivity contribution in [2.24, 2.45) is 0 Å². The standard InChI is InChI=1S/C24H32N2O3S/c1-2-3-13-23(27)26(17-21-11-7-14-29-21)19-24(28)25(18-22-12-8-15-30-22)16-20-9-5-4-6-10-20/h4-6,8-10,12,15,21H,2-3,7,11,13-14,16-19H2,1H3/t21-/m0/s1. The van der Waals surface area contributed by atoms with Gasteiger partial charge in [0.1, 0.15) is 0 Å². The van der Waals surface area contributed by atoms with Crippen molar-refractivity contribution in [3.8, 4) is 0 Å². The molecular weight excluding hydrogens is 396 g/mol. The number of amides is 2. The van der Waals surface area contributed by atoms with E-state index in [2.05, 4.69) is 6.92 Å². The van der Waals surface area contributed by atoms with E-state index in [1.165, 1.54) is 0 Å². The molecule has 0 saturated carbocycles. The number of hydrogen-bond donors (Lipinski definition) is 0. The lowest BCUT2D eigenvalue weighted by Crippen LogP contribution is -2.45. The highest BCUT2D eigenvalue weighted by Crippen LogP contribution is 2.17. The summed E-state index contributed by atoms with van der Waals surface area (Å²) in [6.07, 6.45) is 4.32. The molecule has 5 nitrogen and oxygen atoms in total. The van der Waals surface area contributed by atoms with Gasteiger partial charge in [-0.2, -0.15) is 0 Å². The van der Waals surface area contributed by atoms with Gasteiger partial charge < -0.3 is 14.5 Å². The monoisotopic (exact) mass is 428 g/mol. The molecule has 1 aromatic heterocycles. The lowest BCUT2D eigenvalue weighted by atomic mass is 10.2. The number of thiophene rings is 1. The third-order valence-corrected chi connectivity index (χ3v) is 6.23. The lowest BCUT2D eigenvalue weighted by Gasteiger charge is -2.29. The largest absolute Gasteiger partial charge is 0.376 e. The second-order valence-electron chi connectivity index (χ2n) is 7.83. The van der Waals surface area contributed by atoms with Crippen molar-refractivity contribution in [3.05, 3.63) is 58.3 Å². The molecule has 0 unspecified atom stereocenters. The summed E-state index contributed by atoms with van der Waals surface area (Å²) >= 11 is 1.65. The number of benzene rings is 1. The van der Waals surface area contributed by atoms with E-state index in [1.807, 2.05) is 52.7 Å².